The molecule has 0 bridgehead atoms. The molecule has 0 saturated heterocycles. The average molecular weight is 613 g/mol. The number of rotatable bonds is 6. The Morgan fingerprint density at radius 3 is 2.43 bits per heavy atom. The minimum atomic E-state index is 0.0724. The van der Waals surface area contributed by atoms with Gasteiger partial charge in [0.1, 0.15) is 17.3 Å². The fraction of sp³-hybridized carbons (Fsp3) is 0.0811. The highest BCUT2D eigenvalue weighted by Gasteiger charge is 2.23. The van der Waals surface area contributed by atoms with Gasteiger partial charge < -0.3 is 10.1 Å². The van der Waals surface area contributed by atoms with Crippen molar-refractivity contribution < 1.29 is 4.74 Å². The largest absolute Gasteiger partial charge is 0.457 e. The number of nitrogens with zero attached hydrogens (tertiary/aromatic N) is 3. The summed E-state index contributed by atoms with van der Waals surface area (Å²) < 4.78 is 6.16. The van der Waals surface area contributed by atoms with Crippen LogP contribution in [0.5, 0.6) is 11.5 Å². The van der Waals surface area contributed by atoms with Gasteiger partial charge >= 0.3 is 0 Å². The van der Waals surface area contributed by atoms with E-state index in [2.05, 4.69) is 78.1 Å². The highest BCUT2D eigenvalue weighted by Crippen LogP contribution is 2.45. The molecule has 0 saturated carbocycles. The molecule has 44 heavy (non-hydrogen) atoms. The first-order valence-corrected chi connectivity index (χ1v) is 15.7. The summed E-state index contributed by atoms with van der Waals surface area (Å²) in [5.74, 6) is 2.48. The van der Waals surface area contributed by atoms with Gasteiger partial charge in [0.15, 0.2) is 0 Å². The summed E-state index contributed by atoms with van der Waals surface area (Å²) in [6.07, 6.45) is 2.96. The van der Waals surface area contributed by atoms with Gasteiger partial charge in [-0.15, -0.1) is 11.8 Å². The maximum Gasteiger partial charge on any atom is 0.136 e. The number of hydrogen-bond donors (Lipinski definition) is 1. The number of thioether (sulfide) groups is 1. The summed E-state index contributed by atoms with van der Waals surface area (Å²) in [7, 11) is 0. The van der Waals surface area contributed by atoms with E-state index in [4.69, 9.17) is 26.4 Å². The first kappa shape index (κ1) is 28.0. The van der Waals surface area contributed by atoms with E-state index in [0.717, 1.165) is 51.4 Å². The van der Waals surface area contributed by atoms with E-state index in [-0.39, 0.29) is 5.25 Å². The van der Waals surface area contributed by atoms with Crippen molar-refractivity contribution in [2.75, 3.05) is 10.3 Å². The Hall–Kier alpha value is -4.78. The van der Waals surface area contributed by atoms with E-state index in [9.17, 15) is 0 Å². The summed E-state index contributed by atoms with van der Waals surface area (Å²) in [6, 6.07) is 42.7. The molecule has 7 rings (SSSR count). The SMILES string of the molecule is CC1=NN(c2ccccc2Cl)C(=Nc2ccc(C3=CC(c4cccc(Oc5ccccc5)c4)Sc4ccccc4N3)cc2)C1. The fourth-order valence-electron chi connectivity index (χ4n) is 5.23. The highest BCUT2D eigenvalue weighted by molar-refractivity contribution is 7.99. The monoisotopic (exact) mass is 612 g/mol. The Labute approximate surface area is 266 Å². The van der Waals surface area contributed by atoms with Crippen molar-refractivity contribution in [2.45, 2.75) is 23.5 Å². The zero-order valence-electron chi connectivity index (χ0n) is 24.0. The molecule has 7 heteroatoms. The van der Waals surface area contributed by atoms with Gasteiger partial charge in [-0.3, -0.25) is 0 Å². The molecular formula is C37H29ClN4OS. The van der Waals surface area contributed by atoms with Gasteiger partial charge in [0.25, 0.3) is 0 Å². The minimum absolute atomic E-state index is 0.0724. The molecule has 0 aliphatic carbocycles. The van der Waals surface area contributed by atoms with Crippen LogP contribution in [0.25, 0.3) is 5.70 Å². The van der Waals surface area contributed by atoms with E-state index in [1.54, 1.807) is 0 Å². The van der Waals surface area contributed by atoms with Crippen LogP contribution in [0.2, 0.25) is 5.02 Å². The molecule has 5 aromatic rings. The maximum absolute atomic E-state index is 6.49. The maximum atomic E-state index is 6.49. The third-order valence-corrected chi connectivity index (χ3v) is 8.93. The minimum Gasteiger partial charge on any atom is -0.457 e. The number of hydrogen-bond acceptors (Lipinski definition) is 5. The summed E-state index contributed by atoms with van der Waals surface area (Å²) in [5.41, 5.74) is 7.05. The third-order valence-electron chi connectivity index (χ3n) is 7.34. The molecule has 1 unspecified atom stereocenters. The summed E-state index contributed by atoms with van der Waals surface area (Å²) in [5, 5.41) is 10.9. The number of nitrogens with one attached hydrogen (secondary N) is 1. The van der Waals surface area contributed by atoms with Gasteiger partial charge in [0.2, 0.25) is 0 Å². The molecule has 2 heterocycles. The van der Waals surface area contributed by atoms with Crippen LogP contribution in [0.1, 0.15) is 29.7 Å². The van der Waals surface area contributed by atoms with Crippen molar-refractivity contribution in [3.63, 3.8) is 0 Å². The molecule has 0 amide bonds. The first-order chi connectivity index (χ1) is 21.6. The summed E-state index contributed by atoms with van der Waals surface area (Å²) in [6.45, 7) is 2.01. The molecule has 5 nitrogen and oxygen atoms in total. The standard InChI is InChI=1S/C37H29ClN4OS/c1-25-22-37(42(41-25)34-16-7-5-14-31(34)38)39-28-20-18-26(19-21-28)33-24-36(44-35-17-8-6-15-32(35)40-33)27-10-9-13-30(23-27)43-29-11-3-2-4-12-29/h2-21,23-24,36,40H,22H2,1H3. The fourth-order valence-corrected chi connectivity index (χ4v) is 6.61. The molecule has 1 atom stereocenters. The average Bonchev–Trinajstić information content (AvgIpc) is 3.29. The number of ether oxygens (including phenoxy) is 1. The molecule has 0 spiro atoms. The topological polar surface area (TPSA) is 49.2 Å². The zero-order valence-corrected chi connectivity index (χ0v) is 25.6. The summed E-state index contributed by atoms with van der Waals surface area (Å²) >= 11 is 8.31. The lowest BCUT2D eigenvalue weighted by Crippen LogP contribution is -2.20. The number of para-hydroxylation sites is 3. The Morgan fingerprint density at radius 1 is 0.841 bits per heavy atom. The lowest BCUT2D eigenvalue weighted by molar-refractivity contribution is 0.482. The van der Waals surface area contributed by atoms with Crippen molar-refractivity contribution >= 4 is 57.7 Å². The number of fused-ring (bicyclic) bond motifs is 1. The van der Waals surface area contributed by atoms with Crippen LogP contribution < -0.4 is 15.1 Å². The van der Waals surface area contributed by atoms with Crippen LogP contribution in [0.4, 0.5) is 17.1 Å². The van der Waals surface area contributed by atoms with Crippen molar-refractivity contribution in [1.82, 2.24) is 0 Å². The number of anilines is 2. The Kier molecular flexibility index (Phi) is 7.93. The number of amidine groups is 1. The van der Waals surface area contributed by atoms with Crippen LogP contribution in [0, 0.1) is 0 Å². The predicted octanol–water partition coefficient (Wildman–Crippen LogP) is 10.7. The molecule has 0 fully saturated rings. The molecule has 2 aliphatic rings. The molecule has 216 valence electrons. The predicted molar refractivity (Wildman–Crippen MR) is 185 cm³/mol. The molecule has 5 aromatic carbocycles. The van der Waals surface area contributed by atoms with Crippen molar-refractivity contribution in [3.05, 3.63) is 150 Å². The molecule has 0 radical (unpaired) electrons. The van der Waals surface area contributed by atoms with Crippen molar-refractivity contribution in [1.29, 1.82) is 0 Å². The molecule has 0 aromatic heterocycles. The van der Waals surface area contributed by atoms with Gasteiger partial charge in [0, 0.05) is 22.7 Å². The zero-order chi connectivity index (χ0) is 29.9. The second kappa shape index (κ2) is 12.4. The Bertz CT molecular complexity index is 1900. The lowest BCUT2D eigenvalue weighted by Gasteiger charge is -2.17. The quantitative estimate of drug-likeness (QED) is 0.207. The van der Waals surface area contributed by atoms with Gasteiger partial charge in [0.05, 0.1) is 27.3 Å². The Balaban J connectivity index is 1.19. The first-order valence-electron chi connectivity index (χ1n) is 14.4. The Morgan fingerprint density at radius 2 is 1.59 bits per heavy atom. The smallest absolute Gasteiger partial charge is 0.136 e. The molecule has 2 aliphatic heterocycles. The van der Waals surface area contributed by atoms with Crippen molar-refractivity contribution in [2.24, 2.45) is 10.1 Å². The van der Waals surface area contributed by atoms with Crippen LogP contribution in [-0.4, -0.2) is 11.5 Å². The number of aliphatic imine (C=N–C) groups is 1. The van der Waals surface area contributed by atoms with Gasteiger partial charge in [-0.25, -0.2) is 10.0 Å². The van der Waals surface area contributed by atoms with E-state index in [1.165, 1.54) is 10.5 Å². The van der Waals surface area contributed by atoms with Gasteiger partial charge in [-0.1, -0.05) is 78.3 Å². The van der Waals surface area contributed by atoms with E-state index >= 15 is 0 Å². The van der Waals surface area contributed by atoms with Crippen LogP contribution in [0.15, 0.2) is 148 Å². The second-order valence-corrected chi connectivity index (χ2v) is 12.2. The number of benzene rings is 5. The van der Waals surface area contributed by atoms with E-state index in [1.807, 2.05) is 84.4 Å². The van der Waals surface area contributed by atoms with Gasteiger partial charge in [-0.2, -0.15) is 5.10 Å². The van der Waals surface area contributed by atoms with Crippen LogP contribution in [-0.2, 0) is 0 Å². The van der Waals surface area contributed by atoms with E-state index in [0.29, 0.717) is 11.4 Å². The molecule has 1 N–H and O–H groups in total. The van der Waals surface area contributed by atoms with Crippen molar-refractivity contribution in [3.8, 4) is 11.5 Å². The lowest BCUT2D eigenvalue weighted by atomic mass is 10.1. The van der Waals surface area contributed by atoms with Crippen LogP contribution in [0.3, 0.4) is 0 Å². The normalized spacial score (nSPS) is 16.9. The van der Waals surface area contributed by atoms with Crippen LogP contribution >= 0.6 is 23.4 Å². The highest BCUT2D eigenvalue weighted by atomic mass is 35.5. The second-order valence-electron chi connectivity index (χ2n) is 10.6. The molecular weight excluding hydrogens is 584 g/mol. The van der Waals surface area contributed by atoms with Gasteiger partial charge in [-0.05, 0) is 84.8 Å². The third kappa shape index (κ3) is 6.13. The van der Waals surface area contributed by atoms with E-state index < -0.39 is 0 Å². The number of hydrazone groups is 1. The number of halogens is 1. The summed E-state index contributed by atoms with van der Waals surface area (Å²) in [4.78, 5) is 6.16.